The molecule has 0 aliphatic rings. The second-order valence-electron chi connectivity index (χ2n) is 0.571. The minimum absolute atomic E-state index is 0.259. The highest BCUT2D eigenvalue weighted by Gasteiger charge is 1.89. The van der Waals surface area contributed by atoms with Crippen LogP contribution in [-0.2, 0) is 0 Å². The van der Waals surface area contributed by atoms with Crippen LogP contribution in [0.15, 0.2) is 0 Å². The summed E-state index contributed by atoms with van der Waals surface area (Å²) < 4.78 is 1.30. The summed E-state index contributed by atoms with van der Waals surface area (Å²) in [4.78, 5) is 0. The molecule has 6 heavy (non-hydrogen) atoms. The lowest BCUT2D eigenvalue weighted by Gasteiger charge is -1.98. The molecule has 0 unspecified atom stereocenters. The van der Waals surface area contributed by atoms with Crippen LogP contribution in [0.3, 0.4) is 0 Å². The molecule has 0 saturated carbocycles. The van der Waals surface area contributed by atoms with Gasteiger partial charge >= 0.3 is 0 Å². The SMILES string of the molecule is NC(=S)N(Br)Br. The number of hydrogen-bond donors (Lipinski definition) is 1. The van der Waals surface area contributed by atoms with E-state index in [2.05, 4.69) is 44.5 Å². The van der Waals surface area contributed by atoms with Crippen molar-refractivity contribution in [2.45, 2.75) is 0 Å². The Kier molecular flexibility index (Phi) is 3.06. The van der Waals surface area contributed by atoms with Gasteiger partial charge < -0.3 is 5.73 Å². The van der Waals surface area contributed by atoms with Crippen molar-refractivity contribution in [3.8, 4) is 0 Å². The number of nitrogens with two attached hydrogens (primary N) is 1. The average molecular weight is 234 g/mol. The van der Waals surface area contributed by atoms with Crippen LogP contribution in [-0.4, -0.2) is 8.06 Å². The van der Waals surface area contributed by atoms with Gasteiger partial charge in [0.1, 0.15) is 0 Å². The molecule has 0 aromatic rings. The zero-order valence-corrected chi connectivity index (χ0v) is 6.68. The number of halogens is 2. The van der Waals surface area contributed by atoms with Crippen LogP contribution in [0.25, 0.3) is 0 Å². The molecule has 2 N–H and O–H groups in total. The van der Waals surface area contributed by atoms with Gasteiger partial charge in [-0.15, -0.1) is 0 Å². The van der Waals surface area contributed by atoms with Crippen molar-refractivity contribution in [2.24, 2.45) is 5.73 Å². The minimum atomic E-state index is 0.259. The second-order valence-corrected chi connectivity index (χ2v) is 3.36. The highest BCUT2D eigenvalue weighted by atomic mass is 79.9. The maximum Gasteiger partial charge on any atom is 0.187 e. The largest absolute Gasteiger partial charge is 0.375 e. The summed E-state index contributed by atoms with van der Waals surface area (Å²) in [5.41, 5.74) is 5.00. The second kappa shape index (κ2) is 2.76. The van der Waals surface area contributed by atoms with Crippen molar-refractivity contribution in [3.05, 3.63) is 0 Å². The molecule has 5 heteroatoms. The molecule has 0 aromatic carbocycles. The van der Waals surface area contributed by atoms with Gasteiger partial charge in [-0.05, 0) is 12.2 Å². The van der Waals surface area contributed by atoms with Crippen molar-refractivity contribution in [2.75, 3.05) is 0 Å². The lowest BCUT2D eigenvalue weighted by atomic mass is 11.3. The van der Waals surface area contributed by atoms with Crippen LogP contribution >= 0.6 is 44.5 Å². The zero-order valence-electron chi connectivity index (χ0n) is 2.69. The minimum Gasteiger partial charge on any atom is -0.375 e. The molecule has 0 heterocycles. The highest BCUT2D eigenvalue weighted by Crippen LogP contribution is 2.02. The summed E-state index contributed by atoms with van der Waals surface area (Å²) in [6.07, 6.45) is 0. The Hall–Kier alpha value is 0.650. The van der Waals surface area contributed by atoms with Crippen LogP contribution in [0.4, 0.5) is 0 Å². The molecule has 0 bridgehead atoms. The summed E-state index contributed by atoms with van der Waals surface area (Å²) in [6.45, 7) is 0. The summed E-state index contributed by atoms with van der Waals surface area (Å²) in [5, 5.41) is 0.259. The third-order valence-corrected chi connectivity index (χ3v) is 1.58. The molecule has 0 aliphatic heterocycles. The maximum absolute atomic E-state index is 5.00. The van der Waals surface area contributed by atoms with E-state index in [0.717, 1.165) is 0 Å². The van der Waals surface area contributed by atoms with Gasteiger partial charge in [-0.1, -0.05) is 0 Å². The van der Waals surface area contributed by atoms with Gasteiger partial charge in [0.15, 0.2) is 5.11 Å². The molecule has 0 aliphatic carbocycles. The quantitative estimate of drug-likeness (QED) is 0.503. The van der Waals surface area contributed by atoms with Crippen LogP contribution in [0.2, 0.25) is 0 Å². The van der Waals surface area contributed by atoms with E-state index in [-0.39, 0.29) is 5.11 Å². The predicted molar refractivity (Wildman–Crippen MR) is 36.5 cm³/mol. The first-order chi connectivity index (χ1) is 2.64. The Morgan fingerprint density at radius 2 is 1.83 bits per heavy atom. The first-order valence-electron chi connectivity index (χ1n) is 1.05. The molecule has 0 aromatic heterocycles. The van der Waals surface area contributed by atoms with Gasteiger partial charge in [-0.2, -0.15) is 0 Å². The molecule has 0 fully saturated rings. The number of hydrogen-bond acceptors (Lipinski definition) is 1. The smallest absolute Gasteiger partial charge is 0.187 e. The van der Waals surface area contributed by atoms with Crippen molar-refractivity contribution < 1.29 is 0 Å². The van der Waals surface area contributed by atoms with Crippen LogP contribution in [0.1, 0.15) is 0 Å². The summed E-state index contributed by atoms with van der Waals surface area (Å²) in [6, 6.07) is 0. The molecule has 2 nitrogen and oxygen atoms in total. The fourth-order valence-corrected chi connectivity index (χ4v) is 0. The molecule has 0 radical (unpaired) electrons. The van der Waals surface area contributed by atoms with Gasteiger partial charge in [0.2, 0.25) is 0 Å². The molecule has 0 atom stereocenters. The Morgan fingerprint density at radius 1 is 1.67 bits per heavy atom. The Morgan fingerprint density at radius 3 is 1.83 bits per heavy atom. The van der Waals surface area contributed by atoms with Gasteiger partial charge in [-0.3, -0.25) is 0 Å². The monoisotopic (exact) mass is 232 g/mol. The van der Waals surface area contributed by atoms with E-state index in [4.69, 9.17) is 5.73 Å². The van der Waals surface area contributed by atoms with Gasteiger partial charge in [0.05, 0.1) is 32.3 Å². The van der Waals surface area contributed by atoms with Crippen LogP contribution in [0, 0.1) is 0 Å². The fraction of sp³-hybridized carbons (Fsp3) is 0. The number of thiocarbonyl (C=S) groups is 1. The van der Waals surface area contributed by atoms with E-state index in [1.54, 1.807) is 0 Å². The highest BCUT2D eigenvalue weighted by molar-refractivity contribution is 9.21. The summed E-state index contributed by atoms with van der Waals surface area (Å²) in [5.74, 6) is 0. The molecule has 0 rings (SSSR count). The summed E-state index contributed by atoms with van der Waals surface area (Å²) in [7, 11) is 0. The molecule has 36 valence electrons. The normalized spacial score (nSPS) is 7.67. The zero-order chi connectivity index (χ0) is 5.15. The lowest BCUT2D eigenvalue weighted by molar-refractivity contribution is 1.22. The predicted octanol–water partition coefficient (Wildman–Crippen LogP) is 1.15. The molecule has 0 amide bonds. The Bertz CT molecular complexity index is 62.6. The van der Waals surface area contributed by atoms with E-state index >= 15 is 0 Å². The number of nitrogens with zero attached hydrogens (tertiary/aromatic N) is 1. The van der Waals surface area contributed by atoms with Crippen molar-refractivity contribution in [1.82, 2.24) is 2.95 Å². The van der Waals surface area contributed by atoms with Gasteiger partial charge in [0.25, 0.3) is 0 Å². The fourth-order valence-electron chi connectivity index (χ4n) is 0. The Labute approximate surface area is 58.4 Å². The topological polar surface area (TPSA) is 29.3 Å². The number of rotatable bonds is 0. The van der Waals surface area contributed by atoms with Gasteiger partial charge in [-0.25, -0.2) is 2.95 Å². The van der Waals surface area contributed by atoms with Crippen molar-refractivity contribution in [3.63, 3.8) is 0 Å². The summed E-state index contributed by atoms with van der Waals surface area (Å²) >= 11 is 10.3. The lowest BCUT2D eigenvalue weighted by Crippen LogP contribution is -2.17. The standard InChI is InChI=1S/CH2Br2N2S/c2-5(3)1(4)6/h(H2,4,6). The average Bonchev–Trinajstić information content (AvgIpc) is 1.36. The van der Waals surface area contributed by atoms with E-state index in [0.29, 0.717) is 0 Å². The third-order valence-electron chi connectivity index (χ3n) is 0.167. The molecule has 0 spiro atoms. The Balaban J connectivity index is 3.26. The van der Waals surface area contributed by atoms with Crippen molar-refractivity contribution >= 4 is 49.6 Å². The van der Waals surface area contributed by atoms with Crippen LogP contribution in [0.5, 0.6) is 0 Å². The molecular weight excluding hydrogens is 232 g/mol. The first kappa shape index (κ1) is 6.65. The van der Waals surface area contributed by atoms with Gasteiger partial charge in [0, 0.05) is 0 Å². The van der Waals surface area contributed by atoms with Crippen LogP contribution < -0.4 is 5.73 Å². The maximum atomic E-state index is 5.00. The van der Waals surface area contributed by atoms with E-state index < -0.39 is 0 Å². The third kappa shape index (κ3) is 2.87. The van der Waals surface area contributed by atoms with Crippen molar-refractivity contribution in [1.29, 1.82) is 0 Å². The van der Waals surface area contributed by atoms with E-state index in [9.17, 15) is 0 Å². The van der Waals surface area contributed by atoms with E-state index in [1.807, 2.05) is 0 Å². The molecule has 0 saturated heterocycles. The molecular formula is CH2Br2N2S. The van der Waals surface area contributed by atoms with E-state index in [1.165, 1.54) is 2.95 Å². The first-order valence-corrected chi connectivity index (χ1v) is 2.88.